The van der Waals surface area contributed by atoms with Crippen molar-refractivity contribution in [2.45, 2.75) is 6.42 Å². The van der Waals surface area contributed by atoms with Crippen LogP contribution >= 0.6 is 0 Å². The van der Waals surface area contributed by atoms with Gasteiger partial charge in [-0.1, -0.05) is 67.8 Å². The number of hydrogen-bond acceptors (Lipinski definition) is 2. The predicted molar refractivity (Wildman–Crippen MR) is 95.9 cm³/mol. The van der Waals surface area contributed by atoms with Gasteiger partial charge in [0.2, 0.25) is 0 Å². The maximum absolute atomic E-state index is 4.27. The molecule has 0 radical (unpaired) electrons. The molecule has 0 amide bonds. The van der Waals surface area contributed by atoms with Gasteiger partial charge in [-0.2, -0.15) is 0 Å². The fourth-order valence-electron chi connectivity index (χ4n) is 1.55. The lowest BCUT2D eigenvalue weighted by Gasteiger charge is -2.00. The Morgan fingerprint density at radius 1 is 1.33 bits per heavy atom. The van der Waals surface area contributed by atoms with Crippen LogP contribution in [0.2, 0.25) is 0 Å². The minimum atomic E-state index is 0. The summed E-state index contributed by atoms with van der Waals surface area (Å²) in [6.45, 7) is 13.2. The molecule has 0 heterocycles. The first-order valence-electron chi connectivity index (χ1n) is 6.67. The molecule has 0 aliphatic heterocycles. The van der Waals surface area contributed by atoms with Gasteiger partial charge < -0.3 is 10.8 Å². The molecule has 114 valence electrons. The third-order valence-electron chi connectivity index (χ3n) is 2.70. The van der Waals surface area contributed by atoms with E-state index in [1.807, 2.05) is 48.8 Å². The van der Waals surface area contributed by atoms with Crippen LogP contribution in [-0.4, -0.2) is 24.8 Å². The van der Waals surface area contributed by atoms with E-state index < -0.39 is 0 Å². The van der Waals surface area contributed by atoms with Crippen molar-refractivity contribution in [2.24, 2.45) is 4.99 Å². The van der Waals surface area contributed by atoms with Gasteiger partial charge in [-0.25, -0.2) is 0 Å². The van der Waals surface area contributed by atoms with Crippen LogP contribution < -0.4 is 15.8 Å². The maximum Gasteiger partial charge on any atom is 0.0342 e. The van der Waals surface area contributed by atoms with Gasteiger partial charge in [-0.3, -0.25) is 4.99 Å². The number of benzene rings is 1. The van der Waals surface area contributed by atoms with Gasteiger partial charge in [0.1, 0.15) is 0 Å². The fourth-order valence-corrected chi connectivity index (χ4v) is 1.55. The summed E-state index contributed by atoms with van der Waals surface area (Å²) < 4.78 is 0. The summed E-state index contributed by atoms with van der Waals surface area (Å²) in [5.41, 5.74) is 1.09. The summed E-state index contributed by atoms with van der Waals surface area (Å²) in [5, 5.41) is 5.32. The molecule has 0 aliphatic rings. The maximum atomic E-state index is 4.27. The van der Waals surface area contributed by atoms with Gasteiger partial charge >= 0.3 is 0 Å². The van der Waals surface area contributed by atoms with Crippen molar-refractivity contribution in [3.8, 4) is 0 Å². The second kappa shape index (κ2) is 11.6. The SMILES string of the molecule is C=C/C=C\C(=C)CCNCC=N/C=c1/ccccc1=C.O.[HH]. The lowest BCUT2D eigenvalue weighted by Crippen LogP contribution is -2.21. The Balaban J connectivity index is 0. The first kappa shape index (κ1) is 18.8. The highest BCUT2D eigenvalue weighted by atomic mass is 16.0. The molecule has 0 aliphatic carbocycles. The number of allylic oxidation sites excluding steroid dienone is 3. The molecule has 1 aromatic rings. The van der Waals surface area contributed by atoms with E-state index in [1.54, 1.807) is 6.08 Å². The van der Waals surface area contributed by atoms with Crippen LogP contribution in [0.5, 0.6) is 0 Å². The molecule has 3 nitrogen and oxygen atoms in total. The molecule has 3 heteroatoms. The average molecular weight is 286 g/mol. The van der Waals surface area contributed by atoms with Crippen LogP contribution in [0.3, 0.4) is 0 Å². The molecule has 0 bridgehead atoms. The van der Waals surface area contributed by atoms with Gasteiger partial charge in [0.05, 0.1) is 0 Å². The standard InChI is InChI=1S/C18H22N2.H2O.H2/c1-4-5-8-16(2)11-12-19-13-14-20-15-18-10-7-6-9-17(18)3;;/h4-10,14-15,19H,1-3,11-13H2;1H2;1H/b8-5-,18-15-,20-14?;;. The van der Waals surface area contributed by atoms with E-state index in [9.17, 15) is 0 Å². The van der Waals surface area contributed by atoms with Crippen molar-refractivity contribution in [1.29, 1.82) is 0 Å². The molecule has 0 fully saturated rings. The summed E-state index contributed by atoms with van der Waals surface area (Å²) in [7, 11) is 0. The van der Waals surface area contributed by atoms with Crippen molar-refractivity contribution in [1.82, 2.24) is 5.32 Å². The molecule has 0 atom stereocenters. The number of hydrogen-bond donors (Lipinski definition) is 1. The lowest BCUT2D eigenvalue weighted by molar-refractivity contribution is 0.766. The zero-order valence-electron chi connectivity index (χ0n) is 12.4. The van der Waals surface area contributed by atoms with E-state index in [0.29, 0.717) is 0 Å². The van der Waals surface area contributed by atoms with E-state index in [0.717, 1.165) is 35.5 Å². The second-order valence-electron chi connectivity index (χ2n) is 4.37. The molecule has 21 heavy (non-hydrogen) atoms. The summed E-state index contributed by atoms with van der Waals surface area (Å²) in [5.74, 6) is 0. The average Bonchev–Trinajstić information content (AvgIpc) is 2.46. The Kier molecular flexibility index (Phi) is 10.4. The normalized spacial score (nSPS) is 11.7. The highest BCUT2D eigenvalue weighted by Crippen LogP contribution is 1.97. The fraction of sp³-hybridized carbons (Fsp3) is 0.167. The van der Waals surface area contributed by atoms with E-state index in [4.69, 9.17) is 0 Å². The summed E-state index contributed by atoms with van der Waals surface area (Å²) in [6.07, 6.45) is 10.2. The van der Waals surface area contributed by atoms with E-state index in [-0.39, 0.29) is 6.90 Å². The number of nitrogens with zero attached hydrogens (tertiary/aromatic N) is 1. The van der Waals surface area contributed by atoms with Crippen LogP contribution in [0.25, 0.3) is 12.8 Å². The zero-order valence-corrected chi connectivity index (χ0v) is 12.4. The quantitative estimate of drug-likeness (QED) is 0.440. The highest BCUT2D eigenvalue weighted by molar-refractivity contribution is 5.63. The van der Waals surface area contributed by atoms with Crippen molar-refractivity contribution in [3.05, 3.63) is 71.7 Å². The first-order valence-corrected chi connectivity index (χ1v) is 6.67. The largest absolute Gasteiger partial charge is 0.412 e. The molecule has 0 unspecified atom stereocenters. The smallest absolute Gasteiger partial charge is 0.0342 e. The molecule has 1 rings (SSSR count). The van der Waals surface area contributed by atoms with Crippen LogP contribution in [0, 0.1) is 0 Å². The lowest BCUT2D eigenvalue weighted by atomic mass is 10.2. The van der Waals surface area contributed by atoms with Gasteiger partial charge in [-0.05, 0) is 23.4 Å². The van der Waals surface area contributed by atoms with Crippen molar-refractivity contribution < 1.29 is 6.90 Å². The van der Waals surface area contributed by atoms with E-state index >= 15 is 0 Å². The molecule has 0 aromatic heterocycles. The van der Waals surface area contributed by atoms with Crippen LogP contribution in [-0.2, 0) is 0 Å². The van der Waals surface area contributed by atoms with Gasteiger partial charge in [0.25, 0.3) is 0 Å². The third kappa shape index (κ3) is 8.52. The molecule has 0 saturated heterocycles. The molecular weight excluding hydrogens is 260 g/mol. The molecule has 3 N–H and O–H groups in total. The monoisotopic (exact) mass is 286 g/mol. The molecule has 1 aromatic carbocycles. The van der Waals surface area contributed by atoms with E-state index in [2.05, 4.69) is 30.0 Å². The van der Waals surface area contributed by atoms with Crippen molar-refractivity contribution >= 4 is 19.0 Å². The summed E-state index contributed by atoms with van der Waals surface area (Å²) in [6, 6.07) is 7.93. The van der Waals surface area contributed by atoms with Crippen molar-refractivity contribution in [2.75, 3.05) is 13.1 Å². The highest BCUT2D eigenvalue weighted by Gasteiger charge is 1.88. The Morgan fingerprint density at radius 2 is 2.10 bits per heavy atom. The topological polar surface area (TPSA) is 55.9 Å². The minimum absolute atomic E-state index is 0. The van der Waals surface area contributed by atoms with Crippen LogP contribution in [0.4, 0.5) is 0 Å². The predicted octanol–water partition coefficient (Wildman–Crippen LogP) is 1.61. The zero-order chi connectivity index (χ0) is 14.6. The van der Waals surface area contributed by atoms with Gasteiger partial charge in [0.15, 0.2) is 0 Å². The molecule has 0 saturated carbocycles. The Bertz CT molecular complexity index is 606. The molecule has 0 spiro atoms. The number of aliphatic imine (C=N–C) groups is 1. The molecular formula is C18H26N2O. The minimum Gasteiger partial charge on any atom is -0.412 e. The number of nitrogens with one attached hydrogen (secondary N) is 1. The Labute approximate surface area is 128 Å². The van der Waals surface area contributed by atoms with E-state index in [1.165, 1.54) is 0 Å². The second-order valence-corrected chi connectivity index (χ2v) is 4.37. The third-order valence-corrected chi connectivity index (χ3v) is 2.70. The Hall–Kier alpha value is -2.23. The van der Waals surface area contributed by atoms with Gasteiger partial charge in [-0.15, -0.1) is 0 Å². The summed E-state index contributed by atoms with van der Waals surface area (Å²) >= 11 is 0. The van der Waals surface area contributed by atoms with Crippen LogP contribution in [0.15, 0.2) is 66.2 Å². The summed E-state index contributed by atoms with van der Waals surface area (Å²) in [4.78, 5) is 4.27. The van der Waals surface area contributed by atoms with Crippen LogP contribution in [0.1, 0.15) is 7.85 Å². The number of rotatable bonds is 8. The Morgan fingerprint density at radius 3 is 2.81 bits per heavy atom. The first-order chi connectivity index (χ1) is 9.74. The van der Waals surface area contributed by atoms with Gasteiger partial charge in [0, 0.05) is 20.4 Å². The van der Waals surface area contributed by atoms with Crippen molar-refractivity contribution in [3.63, 3.8) is 0 Å².